The predicted molar refractivity (Wildman–Crippen MR) is 97.8 cm³/mol. The second kappa shape index (κ2) is 12.3. The van der Waals surface area contributed by atoms with Crippen LogP contribution in [-0.2, 0) is 0 Å². The summed E-state index contributed by atoms with van der Waals surface area (Å²) in [5.74, 6) is 0.344. The van der Waals surface area contributed by atoms with Gasteiger partial charge in [-0.2, -0.15) is 10.5 Å². The van der Waals surface area contributed by atoms with Crippen molar-refractivity contribution in [3.63, 3.8) is 0 Å². The number of carbonyl (C=O) groups excluding carboxylic acids is 1. The van der Waals surface area contributed by atoms with E-state index < -0.39 is 6.10 Å². The number of nitrogens with one attached hydrogen (secondary N) is 1. The van der Waals surface area contributed by atoms with Crippen LogP contribution in [0.4, 0.5) is 0 Å². The lowest BCUT2D eigenvalue weighted by molar-refractivity contribution is -0.659. The van der Waals surface area contributed by atoms with Gasteiger partial charge in [0.2, 0.25) is 0 Å². The van der Waals surface area contributed by atoms with Gasteiger partial charge in [-0.05, 0) is 42.5 Å². The third-order valence-corrected chi connectivity index (χ3v) is 3.75. The fourth-order valence-electron chi connectivity index (χ4n) is 2.31. The summed E-state index contributed by atoms with van der Waals surface area (Å²) in [6, 6.07) is 17.2. The Morgan fingerprint density at radius 2 is 1.86 bits per heavy atom. The van der Waals surface area contributed by atoms with Crippen molar-refractivity contribution in [1.29, 1.82) is 10.5 Å². The fourth-order valence-corrected chi connectivity index (χ4v) is 2.31. The molecule has 1 unspecified atom stereocenters. The lowest BCUT2D eigenvalue weighted by Crippen LogP contribution is -3.00. The highest BCUT2D eigenvalue weighted by Crippen LogP contribution is 2.12. The minimum Gasteiger partial charge on any atom is -1.00 e. The van der Waals surface area contributed by atoms with Crippen molar-refractivity contribution in [3.8, 4) is 17.9 Å². The number of hydrogen-bond donors (Lipinski definition) is 3. The Kier molecular flexibility index (Phi) is 10.1. The van der Waals surface area contributed by atoms with Crippen LogP contribution in [0.15, 0.2) is 48.5 Å². The van der Waals surface area contributed by atoms with E-state index in [2.05, 4.69) is 5.32 Å². The van der Waals surface area contributed by atoms with Gasteiger partial charge in [-0.25, -0.2) is 0 Å². The first-order valence-corrected chi connectivity index (χ1v) is 8.53. The van der Waals surface area contributed by atoms with Crippen molar-refractivity contribution in [2.45, 2.75) is 6.10 Å². The summed E-state index contributed by atoms with van der Waals surface area (Å²) in [7, 11) is 0. The lowest BCUT2D eigenvalue weighted by atomic mass is 10.1. The molecule has 2 rings (SSSR count). The maximum Gasteiger partial charge on any atom is 0.251 e. The average Bonchev–Trinajstić information content (AvgIpc) is 2.72. The van der Waals surface area contributed by atoms with E-state index in [0.717, 1.165) is 0 Å². The van der Waals surface area contributed by atoms with Gasteiger partial charge in [0.05, 0.1) is 36.4 Å². The van der Waals surface area contributed by atoms with Crippen LogP contribution in [0.5, 0.6) is 5.75 Å². The van der Waals surface area contributed by atoms with Crippen LogP contribution in [0.1, 0.15) is 21.5 Å². The molecule has 146 valence electrons. The van der Waals surface area contributed by atoms with E-state index in [1.54, 1.807) is 48.5 Å². The first-order chi connectivity index (χ1) is 13.1. The van der Waals surface area contributed by atoms with Gasteiger partial charge in [0.15, 0.2) is 0 Å². The van der Waals surface area contributed by atoms with E-state index >= 15 is 0 Å². The molecule has 8 heteroatoms. The number of nitrogens with zero attached hydrogens (tertiary/aromatic N) is 2. The third-order valence-electron chi connectivity index (χ3n) is 3.75. The van der Waals surface area contributed by atoms with Crippen molar-refractivity contribution in [2.24, 2.45) is 0 Å². The molecule has 4 N–H and O–H groups in total. The predicted octanol–water partition coefficient (Wildman–Crippen LogP) is -2.83. The highest BCUT2D eigenvalue weighted by atomic mass is 35.5. The molecule has 0 fully saturated rings. The maximum atomic E-state index is 12.0. The molecule has 0 heterocycles. The van der Waals surface area contributed by atoms with Crippen LogP contribution in [0, 0.1) is 22.7 Å². The number of ether oxygens (including phenoxy) is 1. The Bertz CT molecular complexity index is 844. The number of aliphatic hydroxyl groups excluding tert-OH is 1. The summed E-state index contributed by atoms with van der Waals surface area (Å²) >= 11 is 0. The van der Waals surface area contributed by atoms with Crippen molar-refractivity contribution in [2.75, 3.05) is 26.2 Å². The zero-order valence-corrected chi connectivity index (χ0v) is 15.9. The van der Waals surface area contributed by atoms with Crippen molar-refractivity contribution in [1.82, 2.24) is 5.32 Å². The van der Waals surface area contributed by atoms with Gasteiger partial charge in [0.25, 0.3) is 5.91 Å². The van der Waals surface area contributed by atoms with E-state index in [1.807, 2.05) is 17.5 Å². The summed E-state index contributed by atoms with van der Waals surface area (Å²) in [5, 5.41) is 32.2. The molecule has 2 aromatic carbocycles. The molecule has 1 atom stereocenters. The summed E-state index contributed by atoms with van der Waals surface area (Å²) in [6.45, 7) is 1.63. The molecule has 0 radical (unpaired) electrons. The molecular formula is C20H21ClN4O3. The summed E-state index contributed by atoms with van der Waals surface area (Å²) < 4.78 is 5.47. The number of aliphatic hydroxyl groups is 1. The molecule has 1 amide bonds. The van der Waals surface area contributed by atoms with E-state index in [4.69, 9.17) is 15.3 Å². The van der Waals surface area contributed by atoms with Gasteiger partial charge >= 0.3 is 0 Å². The molecule has 0 aliphatic carbocycles. The number of carbonyl (C=O) groups is 1. The molecule has 0 aliphatic heterocycles. The van der Waals surface area contributed by atoms with E-state index in [-0.39, 0.29) is 24.9 Å². The average molecular weight is 401 g/mol. The number of halogens is 1. The van der Waals surface area contributed by atoms with Crippen LogP contribution in [0.25, 0.3) is 0 Å². The van der Waals surface area contributed by atoms with Gasteiger partial charge in [0, 0.05) is 5.56 Å². The highest BCUT2D eigenvalue weighted by molar-refractivity contribution is 5.94. The number of benzene rings is 2. The minimum absolute atomic E-state index is 0. The molecule has 0 spiro atoms. The summed E-state index contributed by atoms with van der Waals surface area (Å²) in [5.41, 5.74) is 1.52. The molecule has 0 aliphatic rings. The summed E-state index contributed by atoms with van der Waals surface area (Å²) in [6.07, 6.45) is -0.662. The Morgan fingerprint density at radius 1 is 1.14 bits per heavy atom. The van der Waals surface area contributed by atoms with Gasteiger partial charge < -0.3 is 32.9 Å². The molecule has 7 nitrogen and oxygen atoms in total. The Labute approximate surface area is 170 Å². The standard InChI is InChI=1S/C20H20N4O3.ClH/c21-11-15-4-6-17(7-5-15)20(26)24-9-8-23-13-18(25)14-27-19-3-1-2-16(10-19)12-22;/h1-7,10,18,23,25H,8-9,13-14H2,(H,24,26);1H. The number of hydrogen-bond acceptors (Lipinski definition) is 5. The zero-order valence-electron chi connectivity index (χ0n) is 15.1. The number of nitriles is 2. The zero-order chi connectivity index (χ0) is 19.5. The van der Waals surface area contributed by atoms with Crippen LogP contribution < -0.4 is 27.8 Å². The van der Waals surface area contributed by atoms with Gasteiger partial charge in [-0.15, -0.1) is 0 Å². The number of nitrogens with two attached hydrogens (primary N) is 1. The van der Waals surface area contributed by atoms with E-state index in [1.165, 1.54) is 0 Å². The number of quaternary nitrogens is 1. The Hall–Kier alpha value is -3.10. The first kappa shape index (κ1) is 22.9. The molecule has 2 aromatic rings. The first-order valence-electron chi connectivity index (χ1n) is 8.53. The second-order valence-corrected chi connectivity index (χ2v) is 5.86. The molecular weight excluding hydrogens is 380 g/mol. The number of rotatable bonds is 9. The third kappa shape index (κ3) is 7.65. The van der Waals surface area contributed by atoms with Crippen LogP contribution >= 0.6 is 0 Å². The van der Waals surface area contributed by atoms with Crippen molar-refractivity contribution < 1.29 is 32.4 Å². The quantitative estimate of drug-likeness (QED) is 0.391. The minimum atomic E-state index is -0.662. The van der Waals surface area contributed by atoms with Gasteiger partial charge in [-0.1, -0.05) is 6.07 Å². The largest absolute Gasteiger partial charge is 1.00 e. The summed E-state index contributed by atoms with van der Waals surface area (Å²) in [4.78, 5) is 12.0. The second-order valence-electron chi connectivity index (χ2n) is 5.86. The molecule has 0 bridgehead atoms. The van der Waals surface area contributed by atoms with Crippen molar-refractivity contribution in [3.05, 3.63) is 65.2 Å². The van der Waals surface area contributed by atoms with Crippen LogP contribution in [0.3, 0.4) is 0 Å². The van der Waals surface area contributed by atoms with Gasteiger partial charge in [0.1, 0.15) is 25.0 Å². The van der Waals surface area contributed by atoms with Crippen LogP contribution in [-0.4, -0.2) is 43.4 Å². The van der Waals surface area contributed by atoms with Crippen LogP contribution in [0.2, 0.25) is 0 Å². The molecule has 28 heavy (non-hydrogen) atoms. The molecule has 0 saturated heterocycles. The normalized spacial score (nSPS) is 10.7. The topological polar surface area (TPSA) is 123 Å². The monoisotopic (exact) mass is 400 g/mol. The van der Waals surface area contributed by atoms with Gasteiger partial charge in [-0.3, -0.25) is 4.79 Å². The lowest BCUT2D eigenvalue weighted by Gasteiger charge is -2.12. The van der Waals surface area contributed by atoms with E-state index in [9.17, 15) is 9.90 Å². The molecule has 0 saturated carbocycles. The Morgan fingerprint density at radius 3 is 2.54 bits per heavy atom. The smallest absolute Gasteiger partial charge is 0.251 e. The number of amides is 1. The van der Waals surface area contributed by atoms with E-state index in [0.29, 0.717) is 42.1 Å². The Balaban J connectivity index is 0.00000392. The SMILES string of the molecule is N#Cc1ccc(C(=O)NCC[NH2+]CC(O)COc2cccc(C#N)c2)cc1.[Cl-]. The maximum absolute atomic E-state index is 12.0. The molecule has 0 aromatic heterocycles. The highest BCUT2D eigenvalue weighted by Gasteiger charge is 2.09. The van der Waals surface area contributed by atoms with Crippen molar-refractivity contribution >= 4 is 5.91 Å². The fraction of sp³-hybridized carbons (Fsp3) is 0.250.